The fraction of sp³-hybridized carbons (Fsp3) is 0.125. The Morgan fingerprint density at radius 2 is 2.31 bits per heavy atom. The van der Waals surface area contributed by atoms with Crippen LogP contribution in [0.25, 0.3) is 11.5 Å². The van der Waals surface area contributed by atoms with E-state index in [2.05, 4.69) is 15.1 Å². The lowest BCUT2D eigenvalue weighted by molar-refractivity contribution is 0.394. The quantitative estimate of drug-likeness (QED) is 0.576. The normalized spacial score (nSPS) is 10.2. The van der Waals surface area contributed by atoms with Gasteiger partial charge < -0.3 is 4.52 Å². The van der Waals surface area contributed by atoms with Crippen molar-refractivity contribution in [2.24, 2.45) is 0 Å². The van der Waals surface area contributed by atoms with Gasteiger partial charge in [-0.15, -0.1) is 0 Å². The van der Waals surface area contributed by atoms with Crippen LogP contribution in [0, 0.1) is 6.92 Å². The highest BCUT2D eigenvalue weighted by Gasteiger charge is 2.05. The molecule has 2 rings (SSSR count). The number of aryl methyl sites for hydroxylation is 1. The number of hydrogen-bond donors (Lipinski definition) is 0. The van der Waals surface area contributed by atoms with Crippen LogP contribution in [0.4, 0.5) is 0 Å². The minimum Gasteiger partial charge on any atom is -0.339 e. The molecule has 2 heterocycles. The van der Waals surface area contributed by atoms with Gasteiger partial charge in [-0.25, -0.2) is 0 Å². The van der Waals surface area contributed by atoms with Gasteiger partial charge in [0.25, 0.3) is 0 Å². The first kappa shape index (κ1) is 7.98. The molecule has 5 heteroatoms. The van der Waals surface area contributed by atoms with Crippen molar-refractivity contribution in [2.45, 2.75) is 6.92 Å². The smallest absolute Gasteiger partial charge is 0.223 e. The van der Waals surface area contributed by atoms with Gasteiger partial charge in [-0.1, -0.05) is 16.7 Å². The number of aromatic nitrogens is 3. The molecule has 0 aliphatic heterocycles. The van der Waals surface area contributed by atoms with Gasteiger partial charge in [0, 0.05) is 13.1 Å². The average molecular weight is 171 g/mol. The maximum absolute atomic E-state index is 5.58. The minimum absolute atomic E-state index is 0.463. The second-order valence-electron chi connectivity index (χ2n) is 2.61. The van der Waals surface area contributed by atoms with E-state index in [0.717, 1.165) is 0 Å². The topological polar surface area (TPSA) is 51.8 Å². The molecule has 2 aromatic rings. The lowest BCUT2D eigenvalue weighted by Crippen LogP contribution is -2.02. The van der Waals surface area contributed by atoms with Gasteiger partial charge in [0.15, 0.2) is 0 Å². The zero-order chi connectivity index (χ0) is 9.26. The van der Waals surface area contributed by atoms with Crippen molar-refractivity contribution in [1.29, 1.82) is 0 Å². The van der Waals surface area contributed by atoms with Crippen LogP contribution >= 0.6 is 0 Å². The number of rotatable bonds is 1. The van der Waals surface area contributed by atoms with E-state index in [-0.39, 0.29) is 0 Å². The van der Waals surface area contributed by atoms with E-state index in [0.29, 0.717) is 22.9 Å². The first-order valence-corrected chi connectivity index (χ1v) is 3.78. The molecule has 0 amide bonds. The third-order valence-corrected chi connectivity index (χ3v) is 1.54. The summed E-state index contributed by atoms with van der Waals surface area (Å²) in [6, 6.07) is 3.40. The summed E-state index contributed by atoms with van der Waals surface area (Å²) in [7, 11) is 5.58. The Hall–Kier alpha value is -1.65. The summed E-state index contributed by atoms with van der Waals surface area (Å²) in [5.74, 6) is 0.976. The van der Waals surface area contributed by atoms with Gasteiger partial charge in [0.2, 0.25) is 11.7 Å². The molecule has 0 N–H and O–H groups in total. The van der Waals surface area contributed by atoms with Gasteiger partial charge in [-0.2, -0.15) is 4.98 Å². The molecule has 2 radical (unpaired) electrons. The van der Waals surface area contributed by atoms with Crippen molar-refractivity contribution < 1.29 is 4.52 Å². The maximum Gasteiger partial charge on any atom is 0.223 e. The standard InChI is InChI=1S/C8H6BN3O/c1-5-11-8(12-13-5)7-4-6(9)2-3-10-7/h2-4H,1H3. The summed E-state index contributed by atoms with van der Waals surface area (Å²) in [5, 5.41) is 3.72. The zero-order valence-electron chi connectivity index (χ0n) is 7.06. The summed E-state index contributed by atoms with van der Waals surface area (Å²) < 4.78 is 4.82. The van der Waals surface area contributed by atoms with Gasteiger partial charge in [0.05, 0.1) is 0 Å². The van der Waals surface area contributed by atoms with E-state index < -0.39 is 0 Å². The van der Waals surface area contributed by atoms with Crippen molar-refractivity contribution in [3.63, 3.8) is 0 Å². The molecule has 0 saturated heterocycles. The predicted octanol–water partition coefficient (Wildman–Crippen LogP) is 0.234. The molecule has 0 atom stereocenters. The Balaban J connectivity index is 2.46. The highest BCUT2D eigenvalue weighted by molar-refractivity contribution is 6.32. The third kappa shape index (κ3) is 1.59. The lowest BCUT2D eigenvalue weighted by atomic mass is 9.97. The van der Waals surface area contributed by atoms with Crippen molar-refractivity contribution in [1.82, 2.24) is 15.1 Å². The Morgan fingerprint density at radius 3 is 2.92 bits per heavy atom. The highest BCUT2D eigenvalue weighted by Crippen LogP contribution is 2.09. The summed E-state index contributed by atoms with van der Waals surface area (Å²) in [5.41, 5.74) is 1.25. The van der Waals surface area contributed by atoms with Crippen molar-refractivity contribution in [3.05, 3.63) is 24.2 Å². The Bertz CT molecular complexity index is 427. The summed E-state index contributed by atoms with van der Waals surface area (Å²) in [6.07, 6.45) is 1.61. The van der Waals surface area contributed by atoms with Crippen molar-refractivity contribution in [3.8, 4) is 11.5 Å². The minimum atomic E-state index is 0.463. The average Bonchev–Trinajstić information content (AvgIpc) is 2.52. The van der Waals surface area contributed by atoms with Gasteiger partial charge in [-0.05, 0) is 6.07 Å². The molecule has 2 aromatic heterocycles. The van der Waals surface area contributed by atoms with E-state index in [9.17, 15) is 0 Å². The van der Waals surface area contributed by atoms with Gasteiger partial charge >= 0.3 is 0 Å². The number of nitrogens with zero attached hydrogens (tertiary/aromatic N) is 3. The van der Waals surface area contributed by atoms with Crippen LogP contribution in [0.1, 0.15) is 5.89 Å². The van der Waals surface area contributed by atoms with E-state index in [1.807, 2.05) is 0 Å². The van der Waals surface area contributed by atoms with Crippen molar-refractivity contribution >= 4 is 13.3 Å². The Labute approximate surface area is 76.4 Å². The molecule has 0 aliphatic carbocycles. The molecular formula is C8H6BN3O. The van der Waals surface area contributed by atoms with Gasteiger partial charge in [-0.3, -0.25) is 4.98 Å². The largest absolute Gasteiger partial charge is 0.339 e. The number of pyridine rings is 1. The highest BCUT2D eigenvalue weighted by atomic mass is 16.5. The van der Waals surface area contributed by atoms with Gasteiger partial charge in [0.1, 0.15) is 13.5 Å². The molecule has 0 spiro atoms. The van der Waals surface area contributed by atoms with Crippen molar-refractivity contribution in [2.75, 3.05) is 0 Å². The molecule has 0 aliphatic rings. The second kappa shape index (κ2) is 3.01. The van der Waals surface area contributed by atoms with E-state index in [1.165, 1.54) is 0 Å². The van der Waals surface area contributed by atoms with Crippen LogP contribution in [0.5, 0.6) is 0 Å². The molecule has 0 saturated carbocycles. The van der Waals surface area contributed by atoms with E-state index in [4.69, 9.17) is 12.4 Å². The summed E-state index contributed by atoms with van der Waals surface area (Å²) in [4.78, 5) is 8.08. The third-order valence-electron chi connectivity index (χ3n) is 1.54. The monoisotopic (exact) mass is 171 g/mol. The van der Waals surface area contributed by atoms with Crippen LogP contribution in [0.15, 0.2) is 22.9 Å². The Morgan fingerprint density at radius 1 is 1.46 bits per heavy atom. The van der Waals surface area contributed by atoms with E-state index in [1.54, 1.807) is 25.3 Å². The molecule has 0 bridgehead atoms. The number of hydrogen-bond acceptors (Lipinski definition) is 4. The second-order valence-corrected chi connectivity index (χ2v) is 2.61. The first-order valence-electron chi connectivity index (χ1n) is 3.78. The maximum atomic E-state index is 5.58. The van der Waals surface area contributed by atoms with Crippen LogP contribution in [-0.2, 0) is 0 Å². The molecule has 62 valence electrons. The SMILES string of the molecule is [B]c1ccnc(-c2noc(C)n2)c1. The first-order chi connectivity index (χ1) is 6.25. The Kier molecular flexibility index (Phi) is 1.85. The fourth-order valence-corrected chi connectivity index (χ4v) is 0.972. The summed E-state index contributed by atoms with van der Waals surface area (Å²) in [6.45, 7) is 1.72. The lowest BCUT2D eigenvalue weighted by Gasteiger charge is -1.94. The zero-order valence-corrected chi connectivity index (χ0v) is 7.06. The van der Waals surface area contributed by atoms with E-state index >= 15 is 0 Å². The van der Waals surface area contributed by atoms with Crippen LogP contribution in [0.3, 0.4) is 0 Å². The molecular weight excluding hydrogens is 165 g/mol. The molecule has 0 aromatic carbocycles. The molecule has 4 nitrogen and oxygen atoms in total. The molecule has 13 heavy (non-hydrogen) atoms. The van der Waals surface area contributed by atoms with Crippen LogP contribution in [0.2, 0.25) is 0 Å². The molecule has 0 unspecified atom stereocenters. The fourth-order valence-electron chi connectivity index (χ4n) is 0.972. The predicted molar refractivity (Wildman–Crippen MR) is 47.7 cm³/mol. The van der Waals surface area contributed by atoms with Crippen LogP contribution < -0.4 is 5.46 Å². The molecule has 0 fully saturated rings. The van der Waals surface area contributed by atoms with Crippen LogP contribution in [-0.4, -0.2) is 23.0 Å². The summed E-state index contributed by atoms with van der Waals surface area (Å²) >= 11 is 0.